The van der Waals surface area contributed by atoms with Crippen molar-refractivity contribution in [2.45, 2.75) is 19.5 Å². The van der Waals surface area contributed by atoms with Gasteiger partial charge in [0.15, 0.2) is 0 Å². The summed E-state index contributed by atoms with van der Waals surface area (Å²) in [6.45, 7) is 0.448. The van der Waals surface area contributed by atoms with Gasteiger partial charge in [-0.1, -0.05) is 23.7 Å². The minimum absolute atomic E-state index is 0.0373. The van der Waals surface area contributed by atoms with Crippen molar-refractivity contribution in [3.8, 4) is 0 Å². The van der Waals surface area contributed by atoms with Gasteiger partial charge in [0.05, 0.1) is 24.8 Å². The highest BCUT2D eigenvalue weighted by Gasteiger charge is 2.25. The van der Waals surface area contributed by atoms with Gasteiger partial charge in [0.2, 0.25) is 5.91 Å². The van der Waals surface area contributed by atoms with Crippen molar-refractivity contribution in [1.29, 1.82) is 0 Å². The molecule has 2 amide bonds. The van der Waals surface area contributed by atoms with Crippen LogP contribution in [-0.2, 0) is 38.9 Å². The number of nitrogens with zero attached hydrogens (tertiary/aromatic N) is 2. The highest BCUT2D eigenvalue weighted by atomic mass is 35.5. The molecule has 12 nitrogen and oxygen atoms in total. The van der Waals surface area contributed by atoms with Gasteiger partial charge in [0.1, 0.15) is 30.1 Å². The Hall–Kier alpha value is -3.23. The van der Waals surface area contributed by atoms with Gasteiger partial charge in [-0.2, -0.15) is 0 Å². The summed E-state index contributed by atoms with van der Waals surface area (Å²) >= 11 is 6.03. The second-order valence-electron chi connectivity index (χ2n) is 8.60. The first kappa shape index (κ1) is 33.3. The van der Waals surface area contributed by atoms with E-state index in [2.05, 4.69) is 24.8 Å². The van der Waals surface area contributed by atoms with Crippen LogP contribution >= 0.6 is 19.4 Å². The van der Waals surface area contributed by atoms with E-state index in [1.54, 1.807) is 12.1 Å². The molecule has 0 radical (unpaired) electrons. The standard InChI is InChI=1S/C26H30ClF2N4O8P/c1-17(34)33(31-14-19-5-4-6-23(29)25(19)27)22(15-39-9-10-41-42(36,37-2)38-3)16-40-26(35)32-24-12-20-11-21(28)8-7-18(20)13-30-24/h4-8,11-13,22,31H,9-10,14-16H2,1-3H3,(H,30,32,35)/t22-/m0/s1. The molecule has 0 aliphatic carbocycles. The van der Waals surface area contributed by atoms with Crippen molar-refractivity contribution in [1.82, 2.24) is 15.4 Å². The van der Waals surface area contributed by atoms with E-state index < -0.39 is 37.5 Å². The number of amides is 2. The first-order chi connectivity index (χ1) is 20.0. The Morgan fingerprint density at radius 2 is 1.83 bits per heavy atom. The number of nitrogens with one attached hydrogen (secondary N) is 2. The summed E-state index contributed by atoms with van der Waals surface area (Å²) in [7, 11) is -1.39. The molecule has 0 aliphatic heterocycles. The maximum atomic E-state index is 13.9. The van der Waals surface area contributed by atoms with Crippen molar-refractivity contribution in [2.75, 3.05) is 46.0 Å². The van der Waals surface area contributed by atoms with Gasteiger partial charge in [-0.05, 0) is 41.3 Å². The molecule has 16 heteroatoms. The number of phosphoric ester groups is 1. The molecule has 3 rings (SSSR count). The molecule has 1 aromatic heterocycles. The number of rotatable bonds is 15. The molecular weight excluding hydrogens is 601 g/mol. The topological polar surface area (TPSA) is 138 Å². The number of carbonyl (C=O) groups is 2. The Balaban J connectivity index is 1.67. The average molecular weight is 631 g/mol. The third kappa shape index (κ3) is 9.66. The molecule has 0 bridgehead atoms. The summed E-state index contributed by atoms with van der Waals surface area (Å²) in [5.74, 6) is -1.43. The number of hydrogen-bond acceptors (Lipinski definition) is 10. The lowest BCUT2D eigenvalue weighted by Gasteiger charge is -2.31. The van der Waals surface area contributed by atoms with Crippen molar-refractivity contribution in [3.05, 3.63) is 70.9 Å². The highest BCUT2D eigenvalue weighted by Crippen LogP contribution is 2.47. The molecule has 1 atom stereocenters. The largest absolute Gasteiger partial charge is 0.474 e. The van der Waals surface area contributed by atoms with Crippen LogP contribution in [0.1, 0.15) is 12.5 Å². The molecule has 228 valence electrons. The number of benzene rings is 2. The van der Waals surface area contributed by atoms with Crippen LogP contribution in [0.5, 0.6) is 0 Å². The second-order valence-corrected chi connectivity index (χ2v) is 10.9. The Bertz CT molecular complexity index is 1430. The highest BCUT2D eigenvalue weighted by molar-refractivity contribution is 7.48. The summed E-state index contributed by atoms with van der Waals surface area (Å²) in [6.07, 6.45) is 0.568. The van der Waals surface area contributed by atoms with Crippen molar-refractivity contribution >= 4 is 48.0 Å². The first-order valence-corrected chi connectivity index (χ1v) is 14.3. The van der Waals surface area contributed by atoms with Crippen LogP contribution in [0, 0.1) is 11.6 Å². The van der Waals surface area contributed by atoms with Crippen LogP contribution in [0.4, 0.5) is 19.4 Å². The molecule has 0 fully saturated rings. The van der Waals surface area contributed by atoms with Gasteiger partial charge in [-0.3, -0.25) is 28.7 Å². The third-order valence-corrected chi connectivity index (χ3v) is 7.55. The van der Waals surface area contributed by atoms with Crippen LogP contribution in [-0.4, -0.2) is 68.7 Å². The van der Waals surface area contributed by atoms with E-state index in [4.69, 9.17) is 25.6 Å². The summed E-state index contributed by atoms with van der Waals surface area (Å²) in [6, 6.07) is 8.98. The van der Waals surface area contributed by atoms with E-state index in [1.165, 1.54) is 43.5 Å². The fourth-order valence-corrected chi connectivity index (χ4v) is 4.50. The zero-order valence-electron chi connectivity index (χ0n) is 23.0. The minimum atomic E-state index is -3.72. The number of hydrogen-bond donors (Lipinski definition) is 2. The lowest BCUT2D eigenvalue weighted by atomic mass is 10.2. The molecule has 0 spiro atoms. The quantitative estimate of drug-likeness (QED) is 0.133. The molecule has 2 N–H and O–H groups in total. The molecule has 0 aliphatic rings. The molecule has 0 saturated heterocycles. The molecular formula is C26H30ClF2N4O8P. The Morgan fingerprint density at radius 1 is 1.07 bits per heavy atom. The summed E-state index contributed by atoms with van der Waals surface area (Å²) in [5, 5.41) is 4.69. The number of pyridine rings is 1. The molecule has 2 aromatic carbocycles. The fraction of sp³-hybridized carbons (Fsp3) is 0.346. The summed E-state index contributed by atoms with van der Waals surface area (Å²) in [5.41, 5.74) is 3.24. The van der Waals surface area contributed by atoms with E-state index >= 15 is 0 Å². The zero-order chi connectivity index (χ0) is 30.7. The molecule has 0 saturated carbocycles. The van der Waals surface area contributed by atoms with E-state index in [-0.39, 0.29) is 43.8 Å². The van der Waals surface area contributed by atoms with Crippen molar-refractivity contribution < 1.29 is 46.0 Å². The number of hydrazine groups is 1. The van der Waals surface area contributed by atoms with Gasteiger partial charge in [-0.25, -0.2) is 28.6 Å². The Labute approximate surface area is 245 Å². The number of ether oxygens (including phenoxy) is 2. The maximum absolute atomic E-state index is 13.9. The smallest absolute Gasteiger partial charge is 0.447 e. The van der Waals surface area contributed by atoms with Crippen LogP contribution < -0.4 is 10.7 Å². The fourth-order valence-electron chi connectivity index (χ4n) is 3.65. The third-order valence-electron chi connectivity index (χ3n) is 5.73. The predicted molar refractivity (Wildman–Crippen MR) is 150 cm³/mol. The number of fused-ring (bicyclic) bond motifs is 1. The lowest BCUT2D eigenvalue weighted by Crippen LogP contribution is -2.52. The van der Waals surface area contributed by atoms with E-state index in [0.717, 1.165) is 19.2 Å². The van der Waals surface area contributed by atoms with E-state index in [0.29, 0.717) is 16.3 Å². The summed E-state index contributed by atoms with van der Waals surface area (Å²) < 4.78 is 64.9. The lowest BCUT2D eigenvalue weighted by molar-refractivity contribution is -0.138. The molecule has 3 aromatic rings. The van der Waals surface area contributed by atoms with Gasteiger partial charge in [0.25, 0.3) is 0 Å². The maximum Gasteiger partial charge on any atom is 0.474 e. The number of phosphoric acid groups is 1. The van der Waals surface area contributed by atoms with Gasteiger partial charge in [0, 0.05) is 39.3 Å². The van der Waals surface area contributed by atoms with Crippen molar-refractivity contribution in [2.24, 2.45) is 0 Å². The Morgan fingerprint density at radius 3 is 2.55 bits per heavy atom. The Kier molecular flexibility index (Phi) is 12.6. The van der Waals surface area contributed by atoms with Crippen molar-refractivity contribution in [3.63, 3.8) is 0 Å². The predicted octanol–water partition coefficient (Wildman–Crippen LogP) is 5.07. The molecule has 0 unspecified atom stereocenters. The minimum Gasteiger partial charge on any atom is -0.447 e. The monoisotopic (exact) mass is 630 g/mol. The SMILES string of the molecule is COP(=O)(OC)OCCOC[C@@H](COC(=O)Nc1cc2cc(F)ccc2cn1)N(NCc1cccc(F)c1Cl)C(C)=O. The van der Waals surface area contributed by atoms with Gasteiger partial charge < -0.3 is 9.47 Å². The van der Waals surface area contributed by atoms with Crippen LogP contribution in [0.15, 0.2) is 48.7 Å². The number of aromatic nitrogens is 1. The van der Waals surface area contributed by atoms with E-state index in [9.17, 15) is 22.9 Å². The summed E-state index contributed by atoms with van der Waals surface area (Å²) in [4.78, 5) is 29.2. The number of anilines is 1. The molecule has 1 heterocycles. The van der Waals surface area contributed by atoms with Crippen LogP contribution in [0.25, 0.3) is 10.8 Å². The second kappa shape index (κ2) is 15.8. The number of carbonyl (C=O) groups excluding carboxylic acids is 2. The first-order valence-electron chi connectivity index (χ1n) is 12.4. The normalized spacial score (nSPS) is 12.2. The van der Waals surface area contributed by atoms with E-state index in [1.807, 2.05) is 0 Å². The average Bonchev–Trinajstić information content (AvgIpc) is 2.96. The van der Waals surface area contributed by atoms with Crippen LogP contribution in [0.3, 0.4) is 0 Å². The van der Waals surface area contributed by atoms with Gasteiger partial charge >= 0.3 is 13.9 Å². The van der Waals surface area contributed by atoms with Gasteiger partial charge in [-0.15, -0.1) is 0 Å². The molecule has 42 heavy (non-hydrogen) atoms. The zero-order valence-corrected chi connectivity index (χ0v) is 24.6. The van der Waals surface area contributed by atoms with Crippen LogP contribution in [0.2, 0.25) is 5.02 Å². The number of halogens is 3.